The van der Waals surface area contributed by atoms with Crippen LogP contribution in [0.3, 0.4) is 0 Å². The van der Waals surface area contributed by atoms with E-state index in [0.717, 1.165) is 24.6 Å². The van der Waals surface area contributed by atoms with E-state index in [2.05, 4.69) is 22.2 Å². The van der Waals surface area contributed by atoms with Gasteiger partial charge in [0.1, 0.15) is 5.82 Å². The molecule has 0 atom stereocenters. The zero-order chi connectivity index (χ0) is 12.4. The predicted octanol–water partition coefficient (Wildman–Crippen LogP) is 3.26. The molecule has 1 aromatic rings. The minimum Gasteiger partial charge on any atom is -0.371 e. The first-order chi connectivity index (χ1) is 8.11. The van der Waals surface area contributed by atoms with Crippen molar-refractivity contribution in [3.05, 3.63) is 17.3 Å². The van der Waals surface area contributed by atoms with Crippen molar-refractivity contribution in [1.29, 1.82) is 0 Å². The van der Waals surface area contributed by atoms with E-state index in [1.54, 1.807) is 14.0 Å². The van der Waals surface area contributed by atoms with Gasteiger partial charge in [0.2, 0.25) is 0 Å². The first kappa shape index (κ1) is 12.3. The molecule has 0 amide bonds. The van der Waals surface area contributed by atoms with Crippen molar-refractivity contribution >= 4 is 5.82 Å². The molecule has 17 heavy (non-hydrogen) atoms. The predicted molar refractivity (Wildman–Crippen MR) is 66.6 cm³/mol. The van der Waals surface area contributed by atoms with Gasteiger partial charge in [-0.3, -0.25) is 0 Å². The summed E-state index contributed by atoms with van der Waals surface area (Å²) in [5.74, 6) is 2.00. The Morgan fingerprint density at radius 3 is 2.41 bits per heavy atom. The summed E-state index contributed by atoms with van der Waals surface area (Å²) in [6.07, 6.45) is 4.68. The summed E-state index contributed by atoms with van der Waals surface area (Å²) in [6.45, 7) is 3.98. The van der Waals surface area contributed by atoms with Gasteiger partial charge in [-0.15, -0.1) is 0 Å². The lowest BCUT2D eigenvalue weighted by molar-refractivity contribution is 0.339. The molecule has 0 spiro atoms. The molecule has 0 saturated heterocycles. The van der Waals surface area contributed by atoms with Crippen molar-refractivity contribution in [3.63, 3.8) is 0 Å². The van der Waals surface area contributed by atoms with Crippen LogP contribution in [0.5, 0.6) is 0 Å². The third kappa shape index (κ3) is 2.56. The van der Waals surface area contributed by atoms with Crippen LogP contribution >= 0.6 is 0 Å². The molecule has 4 heteroatoms. The van der Waals surface area contributed by atoms with E-state index in [1.807, 2.05) is 0 Å². The summed E-state index contributed by atoms with van der Waals surface area (Å²) in [5, 5.41) is 2.80. The molecule has 1 saturated carbocycles. The van der Waals surface area contributed by atoms with Gasteiger partial charge in [-0.1, -0.05) is 19.8 Å². The van der Waals surface area contributed by atoms with Gasteiger partial charge in [-0.05, 0) is 25.7 Å². The number of anilines is 1. The number of hydrogen-bond donors (Lipinski definition) is 1. The fourth-order valence-corrected chi connectivity index (χ4v) is 2.45. The zero-order valence-electron chi connectivity index (χ0n) is 10.8. The molecule has 1 N–H and O–H groups in total. The van der Waals surface area contributed by atoms with E-state index < -0.39 is 0 Å². The lowest BCUT2D eigenvalue weighted by Gasteiger charge is -2.25. The van der Waals surface area contributed by atoms with Crippen molar-refractivity contribution in [1.82, 2.24) is 9.97 Å². The van der Waals surface area contributed by atoms with Crippen LogP contribution < -0.4 is 5.32 Å². The molecule has 1 heterocycles. The van der Waals surface area contributed by atoms with Gasteiger partial charge in [0, 0.05) is 13.0 Å². The molecule has 1 aliphatic carbocycles. The lowest BCUT2D eigenvalue weighted by atomic mass is 9.82. The Morgan fingerprint density at radius 2 is 1.82 bits per heavy atom. The Balaban J connectivity index is 2.24. The van der Waals surface area contributed by atoms with Crippen LogP contribution in [-0.2, 0) is 0 Å². The van der Waals surface area contributed by atoms with E-state index in [9.17, 15) is 4.39 Å². The molecule has 0 radical (unpaired) electrons. The van der Waals surface area contributed by atoms with Crippen molar-refractivity contribution in [2.24, 2.45) is 5.92 Å². The summed E-state index contributed by atoms with van der Waals surface area (Å²) in [7, 11) is 1.69. The van der Waals surface area contributed by atoms with E-state index in [1.165, 1.54) is 12.8 Å². The second kappa shape index (κ2) is 4.98. The van der Waals surface area contributed by atoms with Gasteiger partial charge in [0.15, 0.2) is 11.6 Å². The van der Waals surface area contributed by atoms with Crippen LogP contribution in [0.1, 0.15) is 50.0 Å². The fourth-order valence-electron chi connectivity index (χ4n) is 2.45. The fraction of sp³-hybridized carbons (Fsp3) is 0.692. The summed E-state index contributed by atoms with van der Waals surface area (Å²) in [5.41, 5.74) is 0.443. The average Bonchev–Trinajstić information content (AvgIpc) is 2.33. The first-order valence-electron chi connectivity index (χ1n) is 6.33. The third-order valence-corrected chi connectivity index (χ3v) is 3.65. The second-order valence-corrected chi connectivity index (χ2v) is 5.04. The minimum atomic E-state index is -0.333. The van der Waals surface area contributed by atoms with Gasteiger partial charge in [-0.25, -0.2) is 14.4 Å². The van der Waals surface area contributed by atoms with Gasteiger partial charge in [0.25, 0.3) is 0 Å². The van der Waals surface area contributed by atoms with E-state index >= 15 is 0 Å². The summed E-state index contributed by atoms with van der Waals surface area (Å²) >= 11 is 0. The van der Waals surface area contributed by atoms with Gasteiger partial charge >= 0.3 is 0 Å². The van der Waals surface area contributed by atoms with Crippen LogP contribution in [0.15, 0.2) is 0 Å². The lowest BCUT2D eigenvalue weighted by Crippen LogP contribution is -2.15. The molecule has 0 aromatic carbocycles. The SMILES string of the molecule is CNc1nc(C2CCC(C)CC2)nc(C)c1F. The number of aryl methyl sites for hydroxylation is 1. The van der Waals surface area contributed by atoms with Gasteiger partial charge in [0.05, 0.1) is 5.69 Å². The summed E-state index contributed by atoms with van der Waals surface area (Å²) in [6, 6.07) is 0. The maximum Gasteiger partial charge on any atom is 0.186 e. The zero-order valence-corrected chi connectivity index (χ0v) is 10.8. The standard InChI is InChI=1S/C13H20FN3/c1-8-4-6-10(7-5-8)12-16-9(2)11(14)13(15-3)17-12/h8,10H,4-7H2,1-3H3,(H,15,16,17). The monoisotopic (exact) mass is 237 g/mol. The Labute approximate surface area is 102 Å². The van der Waals surface area contributed by atoms with Crippen molar-refractivity contribution in [2.75, 3.05) is 12.4 Å². The Morgan fingerprint density at radius 1 is 1.18 bits per heavy atom. The van der Waals surface area contributed by atoms with Crippen molar-refractivity contribution < 1.29 is 4.39 Å². The summed E-state index contributed by atoms with van der Waals surface area (Å²) < 4.78 is 13.6. The first-order valence-corrected chi connectivity index (χ1v) is 6.33. The van der Waals surface area contributed by atoms with Crippen molar-refractivity contribution in [3.8, 4) is 0 Å². The van der Waals surface area contributed by atoms with E-state index in [4.69, 9.17) is 0 Å². The minimum absolute atomic E-state index is 0.325. The van der Waals surface area contributed by atoms with Crippen LogP contribution in [-0.4, -0.2) is 17.0 Å². The van der Waals surface area contributed by atoms with E-state index in [-0.39, 0.29) is 5.82 Å². The quantitative estimate of drug-likeness (QED) is 0.858. The smallest absolute Gasteiger partial charge is 0.186 e. The highest BCUT2D eigenvalue weighted by Gasteiger charge is 2.23. The van der Waals surface area contributed by atoms with Crippen molar-refractivity contribution in [2.45, 2.75) is 45.4 Å². The molecular formula is C13H20FN3. The number of nitrogens with zero attached hydrogens (tertiary/aromatic N) is 2. The summed E-state index contributed by atoms with van der Waals surface area (Å²) in [4.78, 5) is 8.61. The van der Waals surface area contributed by atoms with Crippen LogP contribution in [0.25, 0.3) is 0 Å². The number of rotatable bonds is 2. The van der Waals surface area contributed by atoms with Crippen LogP contribution in [0, 0.1) is 18.7 Å². The number of nitrogens with one attached hydrogen (secondary N) is 1. The number of hydrogen-bond acceptors (Lipinski definition) is 3. The highest BCUT2D eigenvalue weighted by Crippen LogP contribution is 2.34. The number of halogens is 1. The Bertz CT molecular complexity index is 398. The maximum absolute atomic E-state index is 13.6. The molecule has 1 aliphatic rings. The Hall–Kier alpha value is -1.19. The second-order valence-electron chi connectivity index (χ2n) is 5.04. The molecule has 0 unspecified atom stereocenters. The largest absolute Gasteiger partial charge is 0.371 e. The normalized spacial score (nSPS) is 24.7. The molecule has 0 bridgehead atoms. The molecule has 1 aromatic heterocycles. The number of aromatic nitrogens is 2. The molecule has 2 rings (SSSR count). The third-order valence-electron chi connectivity index (χ3n) is 3.65. The average molecular weight is 237 g/mol. The van der Waals surface area contributed by atoms with Crippen LogP contribution in [0.2, 0.25) is 0 Å². The van der Waals surface area contributed by atoms with Crippen LogP contribution in [0.4, 0.5) is 10.2 Å². The highest BCUT2D eigenvalue weighted by molar-refractivity contribution is 5.37. The molecule has 0 aliphatic heterocycles. The molecule has 1 fully saturated rings. The molecule has 94 valence electrons. The van der Waals surface area contributed by atoms with Gasteiger partial charge in [-0.2, -0.15) is 0 Å². The highest BCUT2D eigenvalue weighted by atomic mass is 19.1. The van der Waals surface area contributed by atoms with Gasteiger partial charge < -0.3 is 5.32 Å². The molecule has 3 nitrogen and oxygen atoms in total. The Kier molecular flexibility index (Phi) is 3.60. The topological polar surface area (TPSA) is 37.8 Å². The maximum atomic E-state index is 13.6. The van der Waals surface area contributed by atoms with E-state index in [0.29, 0.717) is 17.4 Å². The molecular weight excluding hydrogens is 217 g/mol.